The second-order valence-electron chi connectivity index (χ2n) is 24.3. The molecule has 29 heteroatoms. The molecule has 2 saturated heterocycles. The van der Waals surface area contributed by atoms with Crippen molar-refractivity contribution in [1.82, 2.24) is 62.6 Å². The number of nitrogens with zero attached hydrogens (tertiary/aromatic N) is 2. The zero-order chi connectivity index (χ0) is 71.2. The second-order valence-corrected chi connectivity index (χ2v) is 24.3. The Kier molecular flexibility index (Phi) is 30.2. The van der Waals surface area contributed by atoms with E-state index in [9.17, 15) is 48.3 Å². The fraction of sp³-hybridized carbons (Fsp3) is 0.457. The number of hydrogen-bond acceptors (Lipinski definition) is 16. The fourth-order valence-electron chi connectivity index (χ4n) is 11.5. The Morgan fingerprint density at radius 3 is 1.89 bits per heavy atom. The van der Waals surface area contributed by atoms with Crippen LogP contribution in [0, 0.1) is 0 Å². The largest absolute Gasteiger partial charge is 0.497 e. The Hall–Kier alpha value is -10.3. The van der Waals surface area contributed by atoms with E-state index >= 15 is 14.4 Å². The number of benzene rings is 4. The van der Waals surface area contributed by atoms with Gasteiger partial charge < -0.3 is 87.7 Å². The lowest BCUT2D eigenvalue weighted by molar-refractivity contribution is -0.146. The second kappa shape index (κ2) is 39.2. The number of H-pyrrole nitrogens is 1. The first kappa shape index (κ1) is 76.1. The molecule has 0 saturated carbocycles. The maximum Gasteiger partial charge on any atom is 0.305 e. The Labute approximate surface area is 573 Å². The van der Waals surface area contributed by atoms with Gasteiger partial charge in [-0.1, -0.05) is 118 Å². The number of carbonyl (C=O) groups is 12. The summed E-state index contributed by atoms with van der Waals surface area (Å²) in [4.78, 5) is 175. The van der Waals surface area contributed by atoms with Gasteiger partial charge in [-0.25, -0.2) is 0 Å². The zero-order valence-electron chi connectivity index (χ0n) is 56.0. The molecule has 1 aromatic heterocycles. The maximum atomic E-state index is 15.2. The lowest BCUT2D eigenvalue weighted by Crippen LogP contribution is -2.60. The highest BCUT2D eigenvalue weighted by atomic mass is 16.5. The Balaban J connectivity index is 1.24. The van der Waals surface area contributed by atoms with E-state index in [0.717, 1.165) is 33.5 Å². The molecule has 0 radical (unpaired) electrons. The van der Waals surface area contributed by atoms with Gasteiger partial charge in [0.25, 0.3) is 0 Å². The van der Waals surface area contributed by atoms with Crippen LogP contribution in [0.4, 0.5) is 0 Å². The van der Waals surface area contributed by atoms with Gasteiger partial charge in [0.1, 0.15) is 54.6 Å². The number of nitrogens with two attached hydrogens (primary N) is 1. The van der Waals surface area contributed by atoms with Crippen molar-refractivity contribution in [2.45, 2.75) is 133 Å². The van der Waals surface area contributed by atoms with Crippen LogP contribution in [0.25, 0.3) is 10.9 Å². The molecule has 0 bridgehead atoms. The van der Waals surface area contributed by atoms with E-state index in [1.165, 1.54) is 14.2 Å². The van der Waals surface area contributed by atoms with Crippen LogP contribution >= 0.6 is 0 Å². The lowest BCUT2D eigenvalue weighted by Gasteiger charge is -2.30. The number of aromatic amines is 1. The highest BCUT2D eigenvalue weighted by molar-refractivity contribution is 5.99. The Morgan fingerprint density at radius 2 is 1.19 bits per heavy atom. The summed E-state index contributed by atoms with van der Waals surface area (Å²) in [6.45, 7) is 0.928. The van der Waals surface area contributed by atoms with Crippen molar-refractivity contribution in [1.29, 1.82) is 0 Å². The summed E-state index contributed by atoms with van der Waals surface area (Å²) in [5, 5.41) is 34.8. The third-order valence-electron chi connectivity index (χ3n) is 17.0. The molecule has 2 aliphatic rings. The highest BCUT2D eigenvalue weighted by Gasteiger charge is 2.40. The van der Waals surface area contributed by atoms with Crippen molar-refractivity contribution in [3.05, 3.63) is 137 Å². The van der Waals surface area contributed by atoms with Gasteiger partial charge in [0, 0.05) is 69.5 Å². The van der Waals surface area contributed by atoms with Gasteiger partial charge in [0.15, 0.2) is 0 Å². The molecule has 11 amide bonds. The van der Waals surface area contributed by atoms with E-state index in [1.54, 1.807) is 91.1 Å². The maximum absolute atomic E-state index is 15.2. The Bertz CT molecular complexity index is 3570. The summed E-state index contributed by atoms with van der Waals surface area (Å²) in [6, 6.07) is 19.2. The van der Waals surface area contributed by atoms with E-state index in [1.807, 2.05) is 25.1 Å². The third kappa shape index (κ3) is 24.1. The molecule has 99 heavy (non-hydrogen) atoms. The number of amides is 11. The smallest absolute Gasteiger partial charge is 0.305 e. The average molecular weight is 1370 g/mol. The molecule has 2 aliphatic heterocycles. The van der Waals surface area contributed by atoms with Crippen molar-refractivity contribution in [3.8, 4) is 5.75 Å². The summed E-state index contributed by atoms with van der Waals surface area (Å²) in [5.41, 5.74) is 9.10. The van der Waals surface area contributed by atoms with E-state index in [0.29, 0.717) is 59.6 Å². The van der Waals surface area contributed by atoms with E-state index < -0.39 is 133 Å². The number of likely N-dealkylation sites (N-methyl/N-ethyl adjacent to an activating group) is 1. The molecule has 0 unspecified atom stereocenters. The molecule has 532 valence electrons. The zero-order valence-corrected chi connectivity index (χ0v) is 56.0. The molecule has 4 aromatic carbocycles. The number of carbonyl (C=O) groups excluding carboxylic acids is 11. The first-order valence-corrected chi connectivity index (χ1v) is 33.3. The molecule has 29 nitrogen and oxygen atoms in total. The van der Waals surface area contributed by atoms with Crippen LogP contribution in [0.3, 0.4) is 0 Å². The van der Waals surface area contributed by atoms with Gasteiger partial charge in [-0.2, -0.15) is 0 Å². The van der Waals surface area contributed by atoms with Gasteiger partial charge in [-0.3, -0.25) is 57.5 Å². The number of aromatic nitrogens is 1. The average Bonchev–Trinajstić information content (AvgIpc) is 1.79. The van der Waals surface area contributed by atoms with E-state index in [-0.39, 0.29) is 83.8 Å². The number of aliphatic carboxylic acids is 1. The molecule has 3 heterocycles. The summed E-state index contributed by atoms with van der Waals surface area (Å²) in [7, 11) is 2.80. The molecule has 2 fully saturated rings. The molecular weight excluding hydrogens is 1280 g/mol. The van der Waals surface area contributed by atoms with Crippen molar-refractivity contribution < 1.29 is 76.9 Å². The van der Waals surface area contributed by atoms with Crippen molar-refractivity contribution in [3.63, 3.8) is 0 Å². The van der Waals surface area contributed by atoms with Crippen LogP contribution in [-0.4, -0.2) is 206 Å². The number of carboxylic acids is 1. The monoisotopic (exact) mass is 1370 g/mol. The van der Waals surface area contributed by atoms with E-state index in [4.69, 9.17) is 19.9 Å². The van der Waals surface area contributed by atoms with Crippen molar-refractivity contribution in [2.24, 2.45) is 5.73 Å². The van der Waals surface area contributed by atoms with Crippen LogP contribution < -0.4 is 58.3 Å². The first-order valence-electron chi connectivity index (χ1n) is 33.3. The number of methoxy groups -OCH3 is 1. The number of nitrogens with one attached hydrogen (secondary N) is 10. The molecule has 7 rings (SSSR count). The number of unbranched alkanes of at least 4 members (excludes halogenated alkanes) is 3. The van der Waals surface area contributed by atoms with Gasteiger partial charge in [-0.15, -0.1) is 0 Å². The molecule has 13 N–H and O–H groups in total. The standard InChI is InChI=1S/C70H91N13O16/c1-4-5-6-10-18-52-65(91)79-55(36-48-39-72-51-17-12-11-16-50(48)51)64(90)75-41-60(85)77-53(33-46-24-26-49(97-3)27-25-46)66(92)81-56(37-63(88)89)70(96)83-29-13-19-57(83)68(94)76-40-59(84)74-42-62(87)82(2)58(35-44-14-8-7-9-15-44)69(95)80-54(67(93)78-52)34-45-20-22-47(23-21-45)38-73-61(86)43-99-32-31-98-30-28-71/h7-9,11-12,14-17,20-27,39,52-58,72H,4-6,10,13,18-19,28-38,40-43,71H2,1-3H3,(H,73,86)(H,74,84)(H,75,90)(H,76,94)(H,77,85)(H,78,93)(H,79,91)(H,80,95)(H,81,92)(H,88,89)/t52-,53-,54-,55-,56-,57+,58-/m0/s1. The summed E-state index contributed by atoms with van der Waals surface area (Å²) in [5.74, 6) is -9.85. The number of para-hydroxylation sites is 1. The van der Waals surface area contributed by atoms with Crippen LogP contribution in [-0.2, 0) is 99.2 Å². The number of carboxylic acid groups (broad SMARTS) is 1. The molecule has 0 spiro atoms. The number of fused-ring (bicyclic) bond motifs is 2. The third-order valence-corrected chi connectivity index (χ3v) is 17.0. The minimum Gasteiger partial charge on any atom is -0.497 e. The number of ether oxygens (including phenoxy) is 3. The Morgan fingerprint density at radius 1 is 0.596 bits per heavy atom. The SMILES string of the molecule is CCCCCC[C@@H]1NC(=O)[C@H](Cc2ccc(CNC(=O)COCCOCCN)cc2)NC(=O)[C@H](Cc2ccccc2)N(C)C(=O)CNC(=O)CNC(=O)[C@H]2CCCN2C(=O)[C@H](CC(=O)O)NC(=O)[C@H](Cc2ccc(OC)cc2)NC(=O)CNC(=O)[C@H](Cc2c[nH]c3ccccc23)NC1=O. The van der Waals surface area contributed by atoms with Crippen molar-refractivity contribution >= 4 is 81.9 Å². The topological polar surface area (TPSA) is 409 Å². The summed E-state index contributed by atoms with van der Waals surface area (Å²) < 4.78 is 16.0. The van der Waals surface area contributed by atoms with Gasteiger partial charge >= 0.3 is 5.97 Å². The predicted octanol–water partition coefficient (Wildman–Crippen LogP) is 0.104. The van der Waals surface area contributed by atoms with Crippen LogP contribution in [0.5, 0.6) is 5.75 Å². The molecule has 5 aromatic rings. The van der Waals surface area contributed by atoms with Gasteiger partial charge in [0.2, 0.25) is 65.0 Å². The molecular formula is C70H91N13O16. The minimum atomic E-state index is -1.77. The number of hydrogen-bond donors (Lipinski definition) is 12. The lowest BCUT2D eigenvalue weighted by atomic mass is 9.99. The van der Waals surface area contributed by atoms with E-state index in [2.05, 4.69) is 52.8 Å². The predicted molar refractivity (Wildman–Crippen MR) is 363 cm³/mol. The molecule has 7 atom stereocenters. The summed E-state index contributed by atoms with van der Waals surface area (Å²) in [6.07, 6.45) is 3.25. The highest BCUT2D eigenvalue weighted by Crippen LogP contribution is 2.23. The van der Waals surface area contributed by atoms with Gasteiger partial charge in [0.05, 0.1) is 53.0 Å². The normalized spacial score (nSPS) is 20.8. The van der Waals surface area contributed by atoms with Gasteiger partial charge in [-0.05, 0) is 65.3 Å². The summed E-state index contributed by atoms with van der Waals surface area (Å²) >= 11 is 0. The first-order chi connectivity index (χ1) is 47.7. The van der Waals surface area contributed by atoms with Crippen LogP contribution in [0.1, 0.15) is 86.1 Å². The van der Waals surface area contributed by atoms with Crippen LogP contribution in [0.2, 0.25) is 0 Å². The fourth-order valence-corrected chi connectivity index (χ4v) is 11.5. The number of rotatable bonds is 25. The van der Waals surface area contributed by atoms with Crippen LogP contribution in [0.15, 0.2) is 109 Å². The minimum absolute atomic E-state index is 0.0349. The molecule has 0 aliphatic carbocycles. The quantitative estimate of drug-likeness (QED) is 0.0345. The van der Waals surface area contributed by atoms with Crippen molar-refractivity contribution in [2.75, 3.05) is 73.3 Å².